The molecule has 0 unspecified atom stereocenters. The van der Waals surface area contributed by atoms with Gasteiger partial charge in [-0.15, -0.1) is 0 Å². The van der Waals surface area contributed by atoms with Crippen LogP contribution in [0.5, 0.6) is 0 Å². The number of benzene rings is 2. The number of amides is 1. The predicted octanol–water partition coefficient (Wildman–Crippen LogP) is 1.76. The number of sulfonamides is 1. The first-order valence-electron chi connectivity index (χ1n) is 8.78. The summed E-state index contributed by atoms with van der Waals surface area (Å²) < 4.78 is 31.8. The number of hydrogen-bond donors (Lipinski definition) is 2. The number of morpholine rings is 1. The molecule has 28 heavy (non-hydrogen) atoms. The highest BCUT2D eigenvalue weighted by Crippen LogP contribution is 2.19. The zero-order valence-corrected chi connectivity index (χ0v) is 16.8. The van der Waals surface area contributed by atoms with E-state index in [0.29, 0.717) is 32.0 Å². The van der Waals surface area contributed by atoms with Crippen LogP contribution in [-0.2, 0) is 26.0 Å². The maximum Gasteiger partial charge on any atom is 0.243 e. The minimum absolute atomic E-state index is 0.157. The molecule has 1 saturated heterocycles. The van der Waals surface area contributed by atoms with Crippen LogP contribution in [0.15, 0.2) is 59.5 Å². The second-order valence-corrected chi connectivity index (χ2v) is 8.55. The molecular formula is C19H21N3O4S2. The van der Waals surface area contributed by atoms with Crippen molar-refractivity contribution in [3.8, 4) is 0 Å². The highest BCUT2D eigenvalue weighted by molar-refractivity contribution is 7.89. The predicted molar refractivity (Wildman–Crippen MR) is 111 cm³/mol. The summed E-state index contributed by atoms with van der Waals surface area (Å²) >= 11 is 5.15. The first-order valence-corrected chi connectivity index (χ1v) is 10.6. The lowest BCUT2D eigenvalue weighted by molar-refractivity contribution is -0.119. The van der Waals surface area contributed by atoms with Gasteiger partial charge in [0.1, 0.15) is 0 Å². The first-order chi connectivity index (χ1) is 13.4. The fourth-order valence-corrected chi connectivity index (χ4v) is 4.40. The molecule has 7 nitrogen and oxygen atoms in total. The van der Waals surface area contributed by atoms with Gasteiger partial charge in [-0.3, -0.25) is 4.79 Å². The quantitative estimate of drug-likeness (QED) is 0.718. The van der Waals surface area contributed by atoms with E-state index in [2.05, 4.69) is 10.6 Å². The molecule has 0 aliphatic carbocycles. The molecule has 2 aromatic rings. The van der Waals surface area contributed by atoms with Crippen LogP contribution in [0.1, 0.15) is 5.56 Å². The average molecular weight is 420 g/mol. The zero-order valence-electron chi connectivity index (χ0n) is 15.1. The Kier molecular flexibility index (Phi) is 6.74. The van der Waals surface area contributed by atoms with Crippen molar-refractivity contribution >= 4 is 38.9 Å². The van der Waals surface area contributed by atoms with Gasteiger partial charge in [-0.25, -0.2) is 8.42 Å². The van der Waals surface area contributed by atoms with Crippen molar-refractivity contribution in [2.24, 2.45) is 0 Å². The van der Waals surface area contributed by atoms with Gasteiger partial charge >= 0.3 is 0 Å². The monoisotopic (exact) mass is 419 g/mol. The normalized spacial score (nSPS) is 15.0. The van der Waals surface area contributed by atoms with Crippen molar-refractivity contribution in [2.45, 2.75) is 11.3 Å². The molecule has 1 aliphatic heterocycles. The number of anilines is 1. The van der Waals surface area contributed by atoms with Gasteiger partial charge in [0.05, 0.1) is 24.5 Å². The molecule has 1 heterocycles. The Balaban J connectivity index is 1.56. The molecule has 1 aliphatic rings. The molecule has 9 heteroatoms. The molecule has 1 fully saturated rings. The number of rotatable bonds is 5. The van der Waals surface area contributed by atoms with Crippen LogP contribution in [0.3, 0.4) is 0 Å². The topological polar surface area (TPSA) is 87.7 Å². The first kappa shape index (κ1) is 20.4. The molecule has 2 aromatic carbocycles. The minimum atomic E-state index is -3.54. The smallest absolute Gasteiger partial charge is 0.243 e. The summed E-state index contributed by atoms with van der Waals surface area (Å²) in [5, 5.41) is 5.66. The van der Waals surface area contributed by atoms with Gasteiger partial charge in [0, 0.05) is 18.8 Å². The van der Waals surface area contributed by atoms with Gasteiger partial charge in [0.2, 0.25) is 15.9 Å². The molecule has 0 radical (unpaired) electrons. The highest BCUT2D eigenvalue weighted by atomic mass is 32.2. The lowest BCUT2D eigenvalue weighted by Crippen LogP contribution is -2.40. The summed E-state index contributed by atoms with van der Waals surface area (Å²) in [5.41, 5.74) is 1.48. The van der Waals surface area contributed by atoms with Crippen LogP contribution < -0.4 is 10.6 Å². The number of carbonyl (C=O) groups is 1. The van der Waals surface area contributed by atoms with Crippen molar-refractivity contribution < 1.29 is 17.9 Å². The molecule has 1 amide bonds. The average Bonchev–Trinajstić information content (AvgIpc) is 2.69. The number of ether oxygens (including phenoxy) is 1. The van der Waals surface area contributed by atoms with Crippen LogP contribution in [0, 0.1) is 0 Å². The van der Waals surface area contributed by atoms with E-state index in [9.17, 15) is 13.2 Å². The maximum absolute atomic E-state index is 12.6. The third-order valence-electron chi connectivity index (χ3n) is 4.18. The zero-order chi connectivity index (χ0) is 20.0. The van der Waals surface area contributed by atoms with Crippen LogP contribution in [0.2, 0.25) is 0 Å². The molecule has 2 N–H and O–H groups in total. The number of hydrogen-bond acceptors (Lipinski definition) is 5. The molecule has 0 bridgehead atoms. The third kappa shape index (κ3) is 5.35. The van der Waals surface area contributed by atoms with E-state index in [1.807, 2.05) is 30.3 Å². The van der Waals surface area contributed by atoms with E-state index in [1.165, 1.54) is 16.4 Å². The SMILES string of the molecule is O=C(Cc1ccccc1)NC(=S)Nc1ccc(S(=O)(=O)N2CCOCC2)cc1. The number of nitrogens with one attached hydrogen (secondary N) is 2. The van der Waals surface area contributed by atoms with E-state index in [-0.39, 0.29) is 22.3 Å². The van der Waals surface area contributed by atoms with E-state index >= 15 is 0 Å². The van der Waals surface area contributed by atoms with Gasteiger partial charge < -0.3 is 15.4 Å². The van der Waals surface area contributed by atoms with Gasteiger partial charge in [-0.2, -0.15) is 4.31 Å². The molecule has 0 saturated carbocycles. The molecule has 0 aromatic heterocycles. The van der Waals surface area contributed by atoms with E-state index < -0.39 is 10.0 Å². The number of thiocarbonyl (C=S) groups is 1. The molecule has 0 atom stereocenters. The van der Waals surface area contributed by atoms with Crippen molar-refractivity contribution in [2.75, 3.05) is 31.6 Å². The Labute approximate surface area is 169 Å². The third-order valence-corrected chi connectivity index (χ3v) is 6.30. The highest BCUT2D eigenvalue weighted by Gasteiger charge is 2.26. The number of carbonyl (C=O) groups excluding carboxylic acids is 1. The fourth-order valence-electron chi connectivity index (χ4n) is 2.76. The van der Waals surface area contributed by atoms with Gasteiger partial charge in [0.25, 0.3) is 0 Å². The summed E-state index contributed by atoms with van der Waals surface area (Å²) in [6.07, 6.45) is 0.222. The fraction of sp³-hybridized carbons (Fsp3) is 0.263. The van der Waals surface area contributed by atoms with Crippen LogP contribution in [0.25, 0.3) is 0 Å². The second kappa shape index (κ2) is 9.24. The Morgan fingerprint density at radius 2 is 1.68 bits per heavy atom. The Morgan fingerprint density at radius 3 is 2.32 bits per heavy atom. The number of nitrogens with zero attached hydrogens (tertiary/aromatic N) is 1. The lowest BCUT2D eigenvalue weighted by Gasteiger charge is -2.26. The van der Waals surface area contributed by atoms with Crippen LogP contribution in [-0.4, -0.2) is 50.0 Å². The largest absolute Gasteiger partial charge is 0.379 e. The van der Waals surface area contributed by atoms with Gasteiger partial charge in [-0.1, -0.05) is 30.3 Å². The van der Waals surface area contributed by atoms with Gasteiger partial charge in [0.15, 0.2) is 5.11 Å². The minimum Gasteiger partial charge on any atom is -0.379 e. The van der Waals surface area contributed by atoms with E-state index in [4.69, 9.17) is 17.0 Å². The van der Waals surface area contributed by atoms with E-state index in [1.54, 1.807) is 12.1 Å². The summed E-state index contributed by atoms with van der Waals surface area (Å²) in [5.74, 6) is -0.227. The molecule has 0 spiro atoms. The maximum atomic E-state index is 12.6. The summed E-state index contributed by atoms with van der Waals surface area (Å²) in [6, 6.07) is 15.6. The van der Waals surface area contributed by atoms with Crippen LogP contribution >= 0.6 is 12.2 Å². The Morgan fingerprint density at radius 1 is 1.04 bits per heavy atom. The van der Waals surface area contributed by atoms with Crippen molar-refractivity contribution in [3.05, 3.63) is 60.2 Å². The molecule has 148 valence electrons. The van der Waals surface area contributed by atoms with Crippen molar-refractivity contribution in [3.63, 3.8) is 0 Å². The molecular weight excluding hydrogens is 398 g/mol. The summed E-state index contributed by atoms with van der Waals surface area (Å²) in [4.78, 5) is 12.2. The molecule has 3 rings (SSSR count). The lowest BCUT2D eigenvalue weighted by atomic mass is 10.1. The van der Waals surface area contributed by atoms with Gasteiger partial charge in [-0.05, 0) is 42.0 Å². The standard InChI is InChI=1S/C19H21N3O4S2/c23-18(14-15-4-2-1-3-5-15)21-19(27)20-16-6-8-17(9-7-16)28(24,25)22-10-12-26-13-11-22/h1-9H,10-14H2,(H2,20,21,23,27). The second-order valence-electron chi connectivity index (χ2n) is 6.21. The van der Waals surface area contributed by atoms with Crippen LogP contribution in [0.4, 0.5) is 5.69 Å². The summed E-state index contributed by atoms with van der Waals surface area (Å²) in [6.45, 7) is 1.49. The Hall–Kier alpha value is -2.33. The summed E-state index contributed by atoms with van der Waals surface area (Å²) in [7, 11) is -3.54. The van der Waals surface area contributed by atoms with Crippen molar-refractivity contribution in [1.82, 2.24) is 9.62 Å². The van der Waals surface area contributed by atoms with E-state index in [0.717, 1.165) is 5.56 Å². The van der Waals surface area contributed by atoms with Crippen molar-refractivity contribution in [1.29, 1.82) is 0 Å². The Bertz CT molecular complexity index is 925.